The molecule has 0 aliphatic heterocycles. The Morgan fingerprint density at radius 1 is 1.19 bits per heavy atom. The van der Waals surface area contributed by atoms with Gasteiger partial charge in [0.15, 0.2) is 0 Å². The average molecular weight is 214 g/mol. The predicted molar refractivity (Wildman–Crippen MR) is 64.7 cm³/mol. The molecule has 1 aromatic heterocycles. The van der Waals surface area contributed by atoms with Gasteiger partial charge in [0.1, 0.15) is 5.82 Å². The van der Waals surface area contributed by atoms with Gasteiger partial charge in [-0.05, 0) is 29.8 Å². The maximum absolute atomic E-state index is 9.07. The number of nitrogens with zero attached hydrogens (tertiary/aromatic N) is 2. The predicted octanol–water partition coefficient (Wildman–Crippen LogP) is 2.34. The Kier molecular flexibility index (Phi) is 3.17. The fourth-order valence-electron chi connectivity index (χ4n) is 1.53. The van der Waals surface area contributed by atoms with E-state index in [2.05, 4.69) is 4.98 Å². The smallest absolute Gasteiger partial charge is 0.132 e. The quantitative estimate of drug-likeness (QED) is 0.852. The van der Waals surface area contributed by atoms with Crippen LogP contribution in [0.2, 0.25) is 0 Å². The molecule has 0 aliphatic rings. The Morgan fingerprint density at radius 3 is 2.62 bits per heavy atom. The summed E-state index contributed by atoms with van der Waals surface area (Å²) in [4.78, 5) is 6.26. The number of anilines is 2. The summed E-state index contributed by atoms with van der Waals surface area (Å²) in [6.45, 7) is 0.0398. The highest BCUT2D eigenvalue weighted by Crippen LogP contribution is 2.21. The molecule has 0 aliphatic carbocycles. The highest BCUT2D eigenvalue weighted by molar-refractivity contribution is 5.59. The maximum atomic E-state index is 9.07. The second-order valence-electron chi connectivity index (χ2n) is 3.57. The number of para-hydroxylation sites is 1. The lowest BCUT2D eigenvalue weighted by Gasteiger charge is -2.18. The largest absolute Gasteiger partial charge is 0.392 e. The fourth-order valence-corrected chi connectivity index (χ4v) is 1.53. The van der Waals surface area contributed by atoms with Crippen LogP contribution in [0.5, 0.6) is 0 Å². The van der Waals surface area contributed by atoms with Crippen LogP contribution in [0.4, 0.5) is 11.5 Å². The molecule has 0 saturated carbocycles. The molecule has 1 aromatic carbocycles. The topological polar surface area (TPSA) is 36.4 Å². The summed E-state index contributed by atoms with van der Waals surface area (Å²) in [6.07, 6.45) is 1.71. The third-order valence-electron chi connectivity index (χ3n) is 2.48. The van der Waals surface area contributed by atoms with Crippen LogP contribution in [-0.2, 0) is 6.61 Å². The third-order valence-corrected chi connectivity index (χ3v) is 2.48. The van der Waals surface area contributed by atoms with Crippen LogP contribution in [0.15, 0.2) is 48.7 Å². The van der Waals surface area contributed by atoms with Crippen molar-refractivity contribution in [2.24, 2.45) is 0 Å². The van der Waals surface area contributed by atoms with E-state index in [0.29, 0.717) is 0 Å². The van der Waals surface area contributed by atoms with E-state index in [9.17, 15) is 0 Å². The molecule has 0 radical (unpaired) electrons. The molecule has 3 nitrogen and oxygen atoms in total. The molecule has 16 heavy (non-hydrogen) atoms. The molecular formula is C13H14N2O. The van der Waals surface area contributed by atoms with Gasteiger partial charge in [-0.15, -0.1) is 0 Å². The summed E-state index contributed by atoms with van der Waals surface area (Å²) in [7, 11) is 1.96. The van der Waals surface area contributed by atoms with Crippen LogP contribution in [0.25, 0.3) is 0 Å². The van der Waals surface area contributed by atoms with Crippen LogP contribution in [0, 0.1) is 0 Å². The number of aliphatic hydroxyl groups is 1. The standard InChI is InChI=1S/C13H14N2O/c1-15(12-5-3-2-4-6-12)13-9-11(10-16)7-8-14-13/h2-9,16H,10H2,1H3. The van der Waals surface area contributed by atoms with Crippen molar-refractivity contribution in [3.8, 4) is 0 Å². The van der Waals surface area contributed by atoms with E-state index in [-0.39, 0.29) is 6.61 Å². The Hall–Kier alpha value is -1.87. The molecule has 2 rings (SSSR count). The van der Waals surface area contributed by atoms with Gasteiger partial charge in [0.05, 0.1) is 6.61 Å². The van der Waals surface area contributed by atoms with Crippen LogP contribution in [-0.4, -0.2) is 17.1 Å². The van der Waals surface area contributed by atoms with Crippen LogP contribution in [0.1, 0.15) is 5.56 Å². The van der Waals surface area contributed by atoms with Crippen LogP contribution < -0.4 is 4.90 Å². The number of aromatic nitrogens is 1. The lowest BCUT2D eigenvalue weighted by Crippen LogP contribution is -2.11. The van der Waals surface area contributed by atoms with Crippen LogP contribution in [0.3, 0.4) is 0 Å². The molecule has 0 fully saturated rings. The van der Waals surface area contributed by atoms with E-state index in [1.165, 1.54) is 0 Å². The van der Waals surface area contributed by atoms with Gasteiger partial charge in [0, 0.05) is 18.9 Å². The van der Waals surface area contributed by atoms with Crippen molar-refractivity contribution in [3.05, 3.63) is 54.2 Å². The first-order valence-electron chi connectivity index (χ1n) is 5.16. The highest BCUT2D eigenvalue weighted by atomic mass is 16.3. The number of hydrogen-bond acceptors (Lipinski definition) is 3. The summed E-state index contributed by atoms with van der Waals surface area (Å²) in [5, 5.41) is 9.07. The van der Waals surface area contributed by atoms with Crippen LogP contribution >= 0.6 is 0 Å². The summed E-state index contributed by atoms with van der Waals surface area (Å²) < 4.78 is 0. The molecule has 0 spiro atoms. The van der Waals surface area contributed by atoms with Crippen molar-refractivity contribution in [2.75, 3.05) is 11.9 Å². The average Bonchev–Trinajstić information content (AvgIpc) is 2.39. The van der Waals surface area contributed by atoms with Crippen molar-refractivity contribution in [2.45, 2.75) is 6.61 Å². The second-order valence-corrected chi connectivity index (χ2v) is 3.57. The van der Waals surface area contributed by atoms with Gasteiger partial charge < -0.3 is 10.0 Å². The molecule has 1 heterocycles. The molecule has 3 heteroatoms. The van der Waals surface area contributed by atoms with Gasteiger partial charge in [-0.25, -0.2) is 4.98 Å². The molecular weight excluding hydrogens is 200 g/mol. The van der Waals surface area contributed by atoms with E-state index in [4.69, 9.17) is 5.11 Å². The summed E-state index contributed by atoms with van der Waals surface area (Å²) in [5.41, 5.74) is 1.94. The van der Waals surface area contributed by atoms with E-state index in [1.54, 1.807) is 6.20 Å². The molecule has 2 aromatic rings. The second kappa shape index (κ2) is 4.77. The first-order valence-corrected chi connectivity index (χ1v) is 5.16. The Morgan fingerprint density at radius 2 is 1.94 bits per heavy atom. The van der Waals surface area contributed by atoms with Crippen molar-refractivity contribution >= 4 is 11.5 Å². The summed E-state index contributed by atoms with van der Waals surface area (Å²) >= 11 is 0. The number of aliphatic hydroxyl groups excluding tert-OH is 1. The van der Waals surface area contributed by atoms with Gasteiger partial charge >= 0.3 is 0 Å². The minimum Gasteiger partial charge on any atom is -0.392 e. The molecule has 0 bridgehead atoms. The molecule has 82 valence electrons. The first-order chi connectivity index (χ1) is 7.81. The van der Waals surface area contributed by atoms with Gasteiger partial charge in [0.25, 0.3) is 0 Å². The number of hydrogen-bond donors (Lipinski definition) is 1. The number of rotatable bonds is 3. The lowest BCUT2D eigenvalue weighted by atomic mass is 10.2. The van der Waals surface area contributed by atoms with Gasteiger partial charge in [-0.1, -0.05) is 18.2 Å². The van der Waals surface area contributed by atoms with E-state index < -0.39 is 0 Å². The normalized spacial score (nSPS) is 10.1. The SMILES string of the molecule is CN(c1ccccc1)c1cc(CO)ccn1. The zero-order valence-electron chi connectivity index (χ0n) is 9.17. The number of pyridine rings is 1. The van der Waals surface area contributed by atoms with Crippen molar-refractivity contribution < 1.29 is 5.11 Å². The third kappa shape index (κ3) is 2.20. The monoisotopic (exact) mass is 214 g/mol. The van der Waals surface area contributed by atoms with Crippen molar-refractivity contribution in [1.29, 1.82) is 0 Å². The molecule has 0 amide bonds. The molecule has 1 N–H and O–H groups in total. The van der Waals surface area contributed by atoms with E-state index in [1.807, 2.05) is 54.4 Å². The number of benzene rings is 1. The van der Waals surface area contributed by atoms with E-state index in [0.717, 1.165) is 17.1 Å². The van der Waals surface area contributed by atoms with E-state index >= 15 is 0 Å². The first kappa shape index (κ1) is 10.6. The Bertz CT molecular complexity index is 456. The lowest BCUT2D eigenvalue weighted by molar-refractivity contribution is 0.282. The Balaban J connectivity index is 2.30. The Labute approximate surface area is 95.0 Å². The molecule has 0 saturated heterocycles. The minimum atomic E-state index is 0.0398. The van der Waals surface area contributed by atoms with Crippen molar-refractivity contribution in [3.63, 3.8) is 0 Å². The molecule has 0 unspecified atom stereocenters. The maximum Gasteiger partial charge on any atom is 0.132 e. The fraction of sp³-hybridized carbons (Fsp3) is 0.154. The van der Waals surface area contributed by atoms with Gasteiger partial charge in [-0.3, -0.25) is 0 Å². The summed E-state index contributed by atoms with van der Waals surface area (Å²) in [5.74, 6) is 0.831. The van der Waals surface area contributed by atoms with Gasteiger partial charge in [0.2, 0.25) is 0 Å². The zero-order valence-corrected chi connectivity index (χ0v) is 9.17. The highest BCUT2D eigenvalue weighted by Gasteiger charge is 2.04. The van der Waals surface area contributed by atoms with Crippen molar-refractivity contribution in [1.82, 2.24) is 4.98 Å². The minimum absolute atomic E-state index is 0.0398. The zero-order chi connectivity index (χ0) is 11.4. The summed E-state index contributed by atoms with van der Waals surface area (Å²) in [6, 6.07) is 13.7. The molecule has 0 atom stereocenters. The van der Waals surface area contributed by atoms with Gasteiger partial charge in [-0.2, -0.15) is 0 Å².